The van der Waals surface area contributed by atoms with Crippen molar-refractivity contribution < 1.29 is 9.66 Å². The van der Waals surface area contributed by atoms with Crippen molar-refractivity contribution in [2.75, 3.05) is 0 Å². The minimum atomic E-state index is -0.404. The zero-order valence-electron chi connectivity index (χ0n) is 11.0. The lowest BCUT2D eigenvalue weighted by Gasteiger charge is -2.26. The lowest BCUT2D eigenvalue weighted by atomic mass is 9.89. The van der Waals surface area contributed by atoms with Gasteiger partial charge in [0.15, 0.2) is 5.75 Å². The smallest absolute Gasteiger partial charge is 0.310 e. The van der Waals surface area contributed by atoms with Gasteiger partial charge in [-0.1, -0.05) is 13.0 Å². The number of alkyl halides is 1. The quantitative estimate of drug-likeness (QED) is 0.470. The molecule has 0 aromatic heterocycles. The Morgan fingerprint density at radius 2 is 2.05 bits per heavy atom. The van der Waals surface area contributed by atoms with Gasteiger partial charge in [-0.25, -0.2) is 0 Å². The molecule has 1 fully saturated rings. The minimum absolute atomic E-state index is 0.0208. The fourth-order valence-corrected chi connectivity index (χ4v) is 2.58. The van der Waals surface area contributed by atoms with Crippen molar-refractivity contribution in [1.82, 2.24) is 0 Å². The maximum absolute atomic E-state index is 11.0. The van der Waals surface area contributed by atoms with E-state index in [4.69, 9.17) is 16.3 Å². The molecule has 0 spiro atoms. The van der Waals surface area contributed by atoms with Crippen LogP contribution in [0.4, 0.5) is 5.69 Å². The number of nitro groups is 1. The number of ether oxygens (including phenoxy) is 1. The number of nitrogens with zero attached hydrogens (tertiary/aromatic N) is 1. The fourth-order valence-electron chi connectivity index (χ4n) is 2.41. The van der Waals surface area contributed by atoms with Crippen LogP contribution >= 0.6 is 11.6 Å². The zero-order chi connectivity index (χ0) is 13.8. The molecule has 0 atom stereocenters. The summed E-state index contributed by atoms with van der Waals surface area (Å²) in [5.41, 5.74) is 0.860. The number of halogens is 1. The van der Waals surface area contributed by atoms with E-state index in [1.54, 1.807) is 12.1 Å². The van der Waals surface area contributed by atoms with Crippen LogP contribution in [0.1, 0.15) is 38.2 Å². The van der Waals surface area contributed by atoms with Crippen molar-refractivity contribution in [3.63, 3.8) is 0 Å². The molecule has 1 aromatic rings. The summed E-state index contributed by atoms with van der Waals surface area (Å²) in [6.45, 7) is 2.23. The summed E-state index contributed by atoms with van der Waals surface area (Å²) in [7, 11) is 0. The Morgan fingerprint density at radius 3 is 2.63 bits per heavy atom. The van der Waals surface area contributed by atoms with Crippen LogP contribution < -0.4 is 4.74 Å². The molecule has 0 unspecified atom stereocenters. The molecule has 5 heteroatoms. The largest absolute Gasteiger partial charge is 0.483 e. The molecule has 4 nitrogen and oxygen atoms in total. The summed E-state index contributed by atoms with van der Waals surface area (Å²) in [4.78, 5) is 10.6. The van der Waals surface area contributed by atoms with Gasteiger partial charge in [-0.3, -0.25) is 10.1 Å². The first kappa shape index (κ1) is 14.1. The summed E-state index contributed by atoms with van der Waals surface area (Å²) >= 11 is 5.77. The monoisotopic (exact) mass is 283 g/mol. The van der Waals surface area contributed by atoms with Gasteiger partial charge in [0.25, 0.3) is 0 Å². The number of benzene rings is 1. The molecular formula is C14H18ClNO3. The van der Waals surface area contributed by atoms with Crippen molar-refractivity contribution in [3.05, 3.63) is 33.9 Å². The van der Waals surface area contributed by atoms with E-state index in [1.165, 1.54) is 6.07 Å². The van der Waals surface area contributed by atoms with E-state index in [2.05, 4.69) is 6.92 Å². The van der Waals surface area contributed by atoms with Gasteiger partial charge in [0, 0.05) is 11.9 Å². The van der Waals surface area contributed by atoms with E-state index in [0.29, 0.717) is 11.6 Å². The molecule has 0 amide bonds. The van der Waals surface area contributed by atoms with Gasteiger partial charge in [0.1, 0.15) is 0 Å². The Morgan fingerprint density at radius 1 is 1.37 bits per heavy atom. The van der Waals surface area contributed by atoms with Crippen molar-refractivity contribution in [1.29, 1.82) is 0 Å². The average Bonchev–Trinajstić information content (AvgIpc) is 2.41. The fraction of sp³-hybridized carbons (Fsp3) is 0.571. The highest BCUT2D eigenvalue weighted by atomic mass is 35.5. The van der Waals surface area contributed by atoms with Crippen LogP contribution in [-0.4, -0.2) is 11.0 Å². The molecule has 0 bridgehead atoms. The van der Waals surface area contributed by atoms with E-state index >= 15 is 0 Å². The summed E-state index contributed by atoms with van der Waals surface area (Å²) in [5.74, 6) is 1.41. The van der Waals surface area contributed by atoms with Gasteiger partial charge in [-0.05, 0) is 43.2 Å². The predicted octanol–water partition coefficient (Wildman–Crippen LogP) is 4.29. The topological polar surface area (TPSA) is 52.4 Å². The third-order valence-corrected chi connectivity index (χ3v) is 3.94. The number of nitro benzene ring substituents is 1. The van der Waals surface area contributed by atoms with Crippen LogP contribution in [0.2, 0.25) is 0 Å². The second-order valence-corrected chi connectivity index (χ2v) is 5.46. The molecule has 2 rings (SSSR count). The summed E-state index contributed by atoms with van der Waals surface area (Å²) in [6.07, 6.45) is 4.24. The standard InChI is InChI=1S/C14H18ClNO3/c1-10-2-5-12(6-3-10)19-14-8-11(9-15)4-7-13(14)16(17)18/h4,7-8,10,12H,2-3,5-6,9H2,1H3. The molecule has 1 aliphatic rings. The summed E-state index contributed by atoms with van der Waals surface area (Å²) < 4.78 is 5.84. The van der Waals surface area contributed by atoms with Crippen LogP contribution in [-0.2, 0) is 5.88 Å². The third-order valence-electron chi connectivity index (χ3n) is 3.63. The highest BCUT2D eigenvalue weighted by Gasteiger charge is 2.23. The highest BCUT2D eigenvalue weighted by molar-refractivity contribution is 6.17. The van der Waals surface area contributed by atoms with Crippen LogP contribution in [0.3, 0.4) is 0 Å². The Bertz CT molecular complexity index is 456. The molecule has 0 heterocycles. The Kier molecular flexibility index (Phi) is 4.64. The van der Waals surface area contributed by atoms with Crippen molar-refractivity contribution in [3.8, 4) is 5.75 Å². The molecule has 1 aliphatic carbocycles. The summed E-state index contributed by atoms with van der Waals surface area (Å²) in [5, 5.41) is 11.0. The predicted molar refractivity (Wildman–Crippen MR) is 74.7 cm³/mol. The summed E-state index contributed by atoms with van der Waals surface area (Å²) in [6, 6.07) is 4.82. The number of rotatable bonds is 4. The molecule has 0 aliphatic heterocycles. The van der Waals surface area contributed by atoms with E-state index in [1.807, 2.05) is 0 Å². The maximum atomic E-state index is 11.0. The second-order valence-electron chi connectivity index (χ2n) is 5.19. The number of hydrogen-bond donors (Lipinski definition) is 0. The van der Waals surface area contributed by atoms with Gasteiger partial charge in [0.2, 0.25) is 0 Å². The first-order chi connectivity index (χ1) is 9.10. The van der Waals surface area contributed by atoms with Gasteiger partial charge in [-0.2, -0.15) is 0 Å². The van der Waals surface area contributed by atoms with Gasteiger partial charge >= 0.3 is 5.69 Å². The highest BCUT2D eigenvalue weighted by Crippen LogP contribution is 2.33. The Labute approximate surface area is 117 Å². The zero-order valence-corrected chi connectivity index (χ0v) is 11.7. The first-order valence-electron chi connectivity index (χ1n) is 6.60. The van der Waals surface area contributed by atoms with E-state index in [0.717, 1.165) is 37.2 Å². The average molecular weight is 284 g/mol. The van der Waals surface area contributed by atoms with Crippen molar-refractivity contribution >= 4 is 17.3 Å². The number of hydrogen-bond acceptors (Lipinski definition) is 3. The molecule has 19 heavy (non-hydrogen) atoms. The van der Waals surface area contributed by atoms with Gasteiger partial charge in [-0.15, -0.1) is 11.6 Å². The molecule has 0 N–H and O–H groups in total. The van der Waals surface area contributed by atoms with Crippen molar-refractivity contribution in [2.24, 2.45) is 5.92 Å². The van der Waals surface area contributed by atoms with Crippen LogP contribution in [0, 0.1) is 16.0 Å². The maximum Gasteiger partial charge on any atom is 0.310 e. The molecule has 0 radical (unpaired) electrons. The van der Waals surface area contributed by atoms with E-state index in [-0.39, 0.29) is 11.8 Å². The van der Waals surface area contributed by atoms with Crippen molar-refractivity contribution in [2.45, 2.75) is 44.6 Å². The lowest BCUT2D eigenvalue weighted by molar-refractivity contribution is -0.386. The second kappa shape index (κ2) is 6.24. The SMILES string of the molecule is CC1CCC(Oc2cc(CCl)ccc2[N+](=O)[O-])CC1. The van der Waals surface area contributed by atoms with Gasteiger partial charge < -0.3 is 4.74 Å². The van der Waals surface area contributed by atoms with Gasteiger partial charge in [0.05, 0.1) is 11.0 Å². The normalized spacial score (nSPS) is 23.1. The molecular weight excluding hydrogens is 266 g/mol. The van der Waals surface area contributed by atoms with Crippen LogP contribution in [0.15, 0.2) is 18.2 Å². The lowest BCUT2D eigenvalue weighted by Crippen LogP contribution is -2.23. The molecule has 0 saturated heterocycles. The van der Waals surface area contributed by atoms with E-state index in [9.17, 15) is 10.1 Å². The third kappa shape index (κ3) is 3.60. The van der Waals surface area contributed by atoms with E-state index < -0.39 is 4.92 Å². The minimum Gasteiger partial charge on any atom is -0.483 e. The van der Waals surface area contributed by atoms with Crippen LogP contribution in [0.5, 0.6) is 5.75 Å². The molecule has 1 aromatic carbocycles. The Balaban J connectivity index is 2.15. The Hall–Kier alpha value is -1.29. The first-order valence-corrected chi connectivity index (χ1v) is 7.13. The van der Waals surface area contributed by atoms with Crippen LogP contribution in [0.25, 0.3) is 0 Å². The molecule has 1 saturated carbocycles. The molecule has 104 valence electrons.